The Morgan fingerprint density at radius 1 is 1.43 bits per heavy atom. The Morgan fingerprint density at radius 3 is 3.09 bits per heavy atom. The molecule has 0 aromatic carbocycles. The predicted molar refractivity (Wildman–Crippen MR) is 87.7 cm³/mol. The maximum atomic E-state index is 11.9. The van der Waals surface area contributed by atoms with Gasteiger partial charge in [0.1, 0.15) is 5.01 Å². The highest BCUT2D eigenvalue weighted by Crippen LogP contribution is 2.27. The summed E-state index contributed by atoms with van der Waals surface area (Å²) < 4.78 is 10.4. The van der Waals surface area contributed by atoms with Gasteiger partial charge in [0.15, 0.2) is 12.3 Å². The highest BCUT2D eigenvalue weighted by atomic mass is 32.1. The Morgan fingerprint density at radius 2 is 2.35 bits per heavy atom. The molecule has 0 unspecified atom stereocenters. The van der Waals surface area contributed by atoms with Crippen LogP contribution in [0.3, 0.4) is 0 Å². The number of nitrogens with one attached hydrogen (secondary N) is 1. The van der Waals surface area contributed by atoms with Gasteiger partial charge in [0.05, 0.1) is 11.0 Å². The molecule has 0 bridgehead atoms. The molecule has 0 radical (unpaired) electrons. The number of rotatable bonds is 6. The lowest BCUT2D eigenvalue weighted by Crippen LogP contribution is -2.34. The third-order valence-corrected chi connectivity index (χ3v) is 5.21. The number of thiophene rings is 1. The second kappa shape index (κ2) is 7.67. The van der Waals surface area contributed by atoms with Crippen LogP contribution in [0, 0.1) is 0 Å². The Hall–Kier alpha value is -1.77. The fraction of sp³-hybridized carbons (Fsp3) is 0.400. The molecule has 3 heterocycles. The van der Waals surface area contributed by atoms with E-state index in [4.69, 9.17) is 9.47 Å². The van der Waals surface area contributed by atoms with Crippen LogP contribution in [0.1, 0.15) is 23.3 Å². The van der Waals surface area contributed by atoms with E-state index in [2.05, 4.69) is 10.3 Å². The van der Waals surface area contributed by atoms with Gasteiger partial charge in [0.2, 0.25) is 0 Å². The van der Waals surface area contributed by atoms with Crippen molar-refractivity contribution in [3.05, 3.63) is 28.6 Å². The van der Waals surface area contributed by atoms with Gasteiger partial charge in [-0.2, -0.15) is 0 Å². The molecule has 2 aromatic rings. The topological polar surface area (TPSA) is 77.5 Å². The minimum Gasteiger partial charge on any atom is -0.451 e. The van der Waals surface area contributed by atoms with Crippen LogP contribution in [0.2, 0.25) is 0 Å². The zero-order valence-electron chi connectivity index (χ0n) is 12.3. The summed E-state index contributed by atoms with van der Waals surface area (Å²) in [5.74, 6) is -0.918. The lowest BCUT2D eigenvalue weighted by Gasteiger charge is -2.10. The number of aromatic nitrogens is 1. The van der Waals surface area contributed by atoms with Crippen LogP contribution in [0.4, 0.5) is 0 Å². The number of amides is 1. The van der Waals surface area contributed by atoms with Crippen LogP contribution < -0.4 is 5.32 Å². The lowest BCUT2D eigenvalue weighted by molar-refractivity contribution is -0.124. The minimum atomic E-state index is -0.587. The quantitative estimate of drug-likeness (QED) is 0.808. The first-order chi connectivity index (χ1) is 11.2. The van der Waals surface area contributed by atoms with Gasteiger partial charge in [-0.05, 0) is 24.3 Å². The number of hydrogen-bond donors (Lipinski definition) is 1. The Balaban J connectivity index is 1.44. The molecule has 2 aromatic heterocycles. The van der Waals surface area contributed by atoms with Gasteiger partial charge in [-0.3, -0.25) is 4.79 Å². The molecule has 1 aliphatic rings. The number of hydrogen-bond acceptors (Lipinski definition) is 7. The monoisotopic (exact) mass is 352 g/mol. The van der Waals surface area contributed by atoms with Crippen molar-refractivity contribution in [1.82, 2.24) is 10.3 Å². The average molecular weight is 352 g/mol. The zero-order chi connectivity index (χ0) is 16.1. The number of nitrogens with zero attached hydrogens (tertiary/aromatic N) is 1. The summed E-state index contributed by atoms with van der Waals surface area (Å²) in [7, 11) is 0. The first-order valence-electron chi connectivity index (χ1n) is 7.27. The van der Waals surface area contributed by atoms with Crippen molar-refractivity contribution in [3.8, 4) is 9.88 Å². The van der Waals surface area contributed by atoms with Crippen LogP contribution >= 0.6 is 22.7 Å². The van der Waals surface area contributed by atoms with E-state index in [0.717, 1.165) is 29.3 Å². The number of carbonyl (C=O) groups excluding carboxylic acids is 2. The molecule has 0 aliphatic carbocycles. The van der Waals surface area contributed by atoms with Crippen molar-refractivity contribution in [2.75, 3.05) is 19.8 Å². The summed E-state index contributed by atoms with van der Waals surface area (Å²) in [6.07, 6.45) is 2.04. The van der Waals surface area contributed by atoms with Crippen molar-refractivity contribution in [2.24, 2.45) is 0 Å². The van der Waals surface area contributed by atoms with E-state index >= 15 is 0 Å². The molecule has 6 nitrogen and oxygen atoms in total. The number of esters is 1. The molecule has 1 N–H and O–H groups in total. The first-order valence-corrected chi connectivity index (χ1v) is 9.03. The lowest BCUT2D eigenvalue weighted by atomic mass is 10.2. The van der Waals surface area contributed by atoms with Gasteiger partial charge in [0.25, 0.3) is 5.91 Å². The van der Waals surface area contributed by atoms with Gasteiger partial charge in [-0.15, -0.1) is 22.7 Å². The molecule has 1 atom stereocenters. The van der Waals surface area contributed by atoms with Gasteiger partial charge in [0, 0.05) is 18.5 Å². The van der Waals surface area contributed by atoms with E-state index in [1.165, 1.54) is 11.3 Å². The zero-order valence-corrected chi connectivity index (χ0v) is 14.0. The number of thiazole rings is 1. The predicted octanol–water partition coefficient (Wildman–Crippen LogP) is 2.32. The van der Waals surface area contributed by atoms with Crippen molar-refractivity contribution in [1.29, 1.82) is 0 Å². The summed E-state index contributed by atoms with van der Waals surface area (Å²) in [5, 5.41) is 7.07. The van der Waals surface area contributed by atoms with E-state index in [1.807, 2.05) is 17.5 Å². The fourth-order valence-electron chi connectivity index (χ4n) is 2.17. The highest BCUT2D eigenvalue weighted by Gasteiger charge is 2.18. The smallest absolute Gasteiger partial charge is 0.358 e. The summed E-state index contributed by atoms with van der Waals surface area (Å²) in [6.45, 7) is 0.888. The third kappa shape index (κ3) is 4.37. The van der Waals surface area contributed by atoms with Gasteiger partial charge in [-0.25, -0.2) is 9.78 Å². The van der Waals surface area contributed by atoms with E-state index in [0.29, 0.717) is 6.54 Å². The molecule has 8 heteroatoms. The molecule has 122 valence electrons. The minimum absolute atomic E-state index is 0.0709. The molecule has 1 amide bonds. The second-order valence-corrected chi connectivity index (χ2v) is 6.84. The van der Waals surface area contributed by atoms with Gasteiger partial charge in [-0.1, -0.05) is 6.07 Å². The van der Waals surface area contributed by atoms with Crippen LogP contribution in [-0.4, -0.2) is 42.7 Å². The first kappa shape index (κ1) is 16.1. The van der Waals surface area contributed by atoms with Crippen molar-refractivity contribution < 1.29 is 19.1 Å². The maximum Gasteiger partial charge on any atom is 0.358 e. The molecule has 0 saturated carbocycles. The van der Waals surface area contributed by atoms with Crippen LogP contribution in [0.15, 0.2) is 22.9 Å². The normalized spacial score (nSPS) is 17.1. The summed E-state index contributed by atoms with van der Waals surface area (Å²) in [5.41, 5.74) is 0.227. The molecule has 1 saturated heterocycles. The van der Waals surface area contributed by atoms with Crippen molar-refractivity contribution >= 4 is 34.6 Å². The van der Waals surface area contributed by atoms with Gasteiger partial charge < -0.3 is 14.8 Å². The molecule has 1 fully saturated rings. The molecular weight excluding hydrogens is 336 g/mol. The average Bonchev–Trinajstić information content (AvgIpc) is 3.31. The molecule has 3 rings (SSSR count). The van der Waals surface area contributed by atoms with E-state index in [1.54, 1.807) is 16.7 Å². The Labute approximate surface area is 141 Å². The van der Waals surface area contributed by atoms with Crippen LogP contribution in [-0.2, 0) is 14.3 Å². The largest absolute Gasteiger partial charge is 0.451 e. The molecule has 23 heavy (non-hydrogen) atoms. The third-order valence-electron chi connectivity index (χ3n) is 3.33. The number of ether oxygens (including phenoxy) is 2. The summed E-state index contributed by atoms with van der Waals surface area (Å²) in [6, 6.07) is 3.87. The van der Waals surface area contributed by atoms with E-state index in [9.17, 15) is 9.59 Å². The van der Waals surface area contributed by atoms with Crippen LogP contribution in [0.5, 0.6) is 0 Å². The standard InChI is InChI=1S/C15H16N2O4S2/c18-13(16-7-10-3-1-5-20-10)8-21-15(19)11-9-23-14(17-11)12-4-2-6-22-12/h2,4,6,9-10H,1,3,5,7-8H2,(H,16,18)/t10-/m0/s1. The molecular formula is C15H16N2O4S2. The Bertz CT molecular complexity index is 663. The van der Waals surface area contributed by atoms with Crippen LogP contribution in [0.25, 0.3) is 9.88 Å². The molecule has 1 aliphatic heterocycles. The van der Waals surface area contributed by atoms with Gasteiger partial charge >= 0.3 is 5.97 Å². The maximum absolute atomic E-state index is 11.9. The highest BCUT2D eigenvalue weighted by molar-refractivity contribution is 7.20. The van der Waals surface area contributed by atoms with E-state index in [-0.39, 0.29) is 24.3 Å². The second-order valence-electron chi connectivity index (χ2n) is 5.03. The molecule has 0 spiro atoms. The fourth-order valence-corrected chi connectivity index (χ4v) is 3.77. The van der Waals surface area contributed by atoms with Crippen molar-refractivity contribution in [3.63, 3.8) is 0 Å². The summed E-state index contributed by atoms with van der Waals surface area (Å²) >= 11 is 2.94. The SMILES string of the molecule is O=C(COC(=O)c1csc(-c2cccs2)n1)NC[C@@H]1CCCO1. The van der Waals surface area contributed by atoms with E-state index < -0.39 is 5.97 Å². The summed E-state index contributed by atoms with van der Waals surface area (Å²) in [4.78, 5) is 28.8. The number of carbonyl (C=O) groups is 2. The Kier molecular flexibility index (Phi) is 5.37. The van der Waals surface area contributed by atoms with Crippen molar-refractivity contribution in [2.45, 2.75) is 18.9 Å².